The third-order valence-electron chi connectivity index (χ3n) is 4.07. The molecule has 24 heavy (non-hydrogen) atoms. The lowest BCUT2D eigenvalue weighted by molar-refractivity contribution is -0.0199. The number of aliphatic hydroxyl groups is 1. The van der Waals surface area contributed by atoms with Crippen molar-refractivity contribution in [1.82, 2.24) is 20.1 Å². The minimum atomic E-state index is -0.964. The molecule has 1 aromatic rings. The Labute approximate surface area is 147 Å². The number of amides is 2. The van der Waals surface area contributed by atoms with E-state index in [4.69, 9.17) is 6.42 Å². The van der Waals surface area contributed by atoms with Crippen LogP contribution >= 0.6 is 11.3 Å². The van der Waals surface area contributed by atoms with Crippen LogP contribution in [0.4, 0.5) is 4.79 Å². The summed E-state index contributed by atoms with van der Waals surface area (Å²) in [6, 6.07) is -0.119. The molecule has 2 rings (SSSR count). The first-order valence-corrected chi connectivity index (χ1v) is 8.79. The van der Waals surface area contributed by atoms with Gasteiger partial charge in [-0.15, -0.1) is 24.3 Å². The highest BCUT2D eigenvalue weighted by Gasteiger charge is 2.37. The van der Waals surface area contributed by atoms with Crippen LogP contribution in [0.1, 0.15) is 23.5 Å². The second-order valence-electron chi connectivity index (χ2n) is 6.00. The summed E-state index contributed by atoms with van der Waals surface area (Å²) in [6.45, 7) is 6.26. The number of carbonyl (C=O) groups excluding carboxylic acids is 1. The molecule has 130 valence electrons. The number of nitrogens with zero attached hydrogens (tertiary/aromatic N) is 3. The first-order chi connectivity index (χ1) is 11.5. The van der Waals surface area contributed by atoms with Crippen molar-refractivity contribution >= 4 is 17.4 Å². The number of thiazole rings is 1. The number of likely N-dealkylation sites (tertiary alicyclic amines) is 1. The van der Waals surface area contributed by atoms with Crippen LogP contribution in [0.3, 0.4) is 0 Å². The largest absolute Gasteiger partial charge is 0.383 e. The number of urea groups is 1. The number of rotatable bonds is 6. The normalized spacial score (nSPS) is 16.7. The topological polar surface area (TPSA) is 68.7 Å². The first-order valence-electron chi connectivity index (χ1n) is 7.91. The fraction of sp³-hybridized carbons (Fsp3) is 0.529. The maximum atomic E-state index is 11.9. The fourth-order valence-electron chi connectivity index (χ4n) is 2.65. The van der Waals surface area contributed by atoms with E-state index in [2.05, 4.69) is 22.8 Å². The molecule has 2 amide bonds. The summed E-state index contributed by atoms with van der Waals surface area (Å²) in [6.07, 6.45) is 7.92. The van der Waals surface area contributed by atoms with Gasteiger partial charge in [0.05, 0.1) is 18.8 Å². The van der Waals surface area contributed by atoms with Crippen LogP contribution in [0.15, 0.2) is 18.0 Å². The Balaban J connectivity index is 1.93. The molecule has 6 nitrogen and oxygen atoms in total. The van der Waals surface area contributed by atoms with Gasteiger partial charge in [-0.25, -0.2) is 9.78 Å². The molecule has 7 heteroatoms. The Kier molecular flexibility index (Phi) is 6.37. The number of aromatic nitrogens is 1. The van der Waals surface area contributed by atoms with Gasteiger partial charge in [-0.2, -0.15) is 0 Å². The monoisotopic (exact) mass is 348 g/mol. The van der Waals surface area contributed by atoms with Gasteiger partial charge in [-0.05, 0) is 19.9 Å². The van der Waals surface area contributed by atoms with Crippen LogP contribution in [0.2, 0.25) is 0 Å². The van der Waals surface area contributed by atoms with E-state index in [1.807, 2.05) is 17.3 Å². The molecule has 1 aliphatic heterocycles. The summed E-state index contributed by atoms with van der Waals surface area (Å²) in [7, 11) is 1.94. The van der Waals surface area contributed by atoms with Crippen molar-refractivity contribution in [2.75, 3.05) is 33.2 Å². The van der Waals surface area contributed by atoms with Crippen molar-refractivity contribution in [2.24, 2.45) is 0 Å². The van der Waals surface area contributed by atoms with Gasteiger partial charge >= 0.3 is 6.03 Å². The van der Waals surface area contributed by atoms with E-state index in [0.717, 1.165) is 5.01 Å². The molecule has 0 unspecified atom stereocenters. The molecule has 1 saturated heterocycles. The van der Waals surface area contributed by atoms with Gasteiger partial charge in [0, 0.05) is 25.0 Å². The quantitative estimate of drug-likeness (QED) is 0.602. The van der Waals surface area contributed by atoms with Crippen LogP contribution in [0, 0.1) is 12.3 Å². The number of piperidine rings is 1. The Morgan fingerprint density at radius 2 is 2.38 bits per heavy atom. The Hall–Kier alpha value is -1.88. The number of carbonyl (C=O) groups is 1. The Morgan fingerprint density at radius 3 is 3.00 bits per heavy atom. The van der Waals surface area contributed by atoms with E-state index in [0.29, 0.717) is 51.3 Å². The zero-order valence-corrected chi connectivity index (χ0v) is 14.8. The lowest BCUT2D eigenvalue weighted by atomic mass is 9.89. The summed E-state index contributed by atoms with van der Waals surface area (Å²) in [5.41, 5.74) is -0.267. The van der Waals surface area contributed by atoms with Gasteiger partial charge in [0.15, 0.2) is 0 Å². The van der Waals surface area contributed by atoms with Crippen LogP contribution in [-0.2, 0) is 12.1 Å². The molecule has 2 heterocycles. The van der Waals surface area contributed by atoms with Gasteiger partial charge in [0.25, 0.3) is 0 Å². The van der Waals surface area contributed by atoms with Crippen LogP contribution < -0.4 is 5.32 Å². The van der Waals surface area contributed by atoms with E-state index >= 15 is 0 Å². The second kappa shape index (κ2) is 8.29. The van der Waals surface area contributed by atoms with Gasteiger partial charge < -0.3 is 15.3 Å². The number of hydrogen-bond acceptors (Lipinski definition) is 5. The average Bonchev–Trinajstić information content (AvgIpc) is 3.02. The lowest BCUT2D eigenvalue weighted by Crippen LogP contribution is -2.48. The lowest BCUT2D eigenvalue weighted by Gasteiger charge is -2.37. The molecule has 0 saturated carbocycles. The molecule has 0 spiro atoms. The maximum absolute atomic E-state index is 11.9. The van der Waals surface area contributed by atoms with Crippen LogP contribution in [0.5, 0.6) is 0 Å². The SMILES string of the molecule is C#CCN(C)Cc1nc(C2(O)CCN(C(=O)NCC=C)CC2)cs1. The van der Waals surface area contributed by atoms with Crippen molar-refractivity contribution in [3.8, 4) is 12.3 Å². The standard InChI is InChI=1S/C17H24N4O2S/c1-4-8-18-16(22)21-10-6-17(23,7-11-21)14-13-24-15(19-14)12-20(3)9-5-2/h2,4,13,23H,1,6-12H2,3H3,(H,18,22). The zero-order chi connectivity index (χ0) is 17.6. The Morgan fingerprint density at radius 1 is 1.67 bits per heavy atom. The summed E-state index contributed by atoms with van der Waals surface area (Å²) in [4.78, 5) is 20.2. The molecule has 1 fully saturated rings. The summed E-state index contributed by atoms with van der Waals surface area (Å²) in [5, 5.41) is 16.5. The number of nitrogens with one attached hydrogen (secondary N) is 1. The maximum Gasteiger partial charge on any atom is 0.317 e. The molecule has 1 aliphatic rings. The van der Waals surface area contributed by atoms with E-state index in [1.165, 1.54) is 11.3 Å². The molecular weight excluding hydrogens is 324 g/mol. The third-order valence-corrected chi connectivity index (χ3v) is 4.90. The van der Waals surface area contributed by atoms with E-state index in [9.17, 15) is 9.90 Å². The minimum absolute atomic E-state index is 0.119. The predicted octanol–water partition coefficient (Wildman–Crippen LogP) is 1.39. The average molecular weight is 348 g/mol. The molecule has 0 bridgehead atoms. The third kappa shape index (κ3) is 4.57. The molecule has 0 atom stereocenters. The van der Waals surface area contributed by atoms with Crippen molar-refractivity contribution < 1.29 is 9.90 Å². The van der Waals surface area contributed by atoms with Crippen molar-refractivity contribution in [3.63, 3.8) is 0 Å². The van der Waals surface area contributed by atoms with Gasteiger partial charge in [0.1, 0.15) is 10.6 Å². The molecule has 0 aliphatic carbocycles. The predicted molar refractivity (Wildman–Crippen MR) is 95.6 cm³/mol. The second-order valence-corrected chi connectivity index (χ2v) is 6.94. The zero-order valence-electron chi connectivity index (χ0n) is 14.0. The van der Waals surface area contributed by atoms with E-state index < -0.39 is 5.60 Å². The van der Waals surface area contributed by atoms with Crippen molar-refractivity contribution in [1.29, 1.82) is 0 Å². The van der Waals surface area contributed by atoms with Crippen molar-refractivity contribution in [3.05, 3.63) is 28.7 Å². The van der Waals surface area contributed by atoms with Crippen molar-refractivity contribution in [2.45, 2.75) is 25.0 Å². The van der Waals surface area contributed by atoms with Gasteiger partial charge in [-0.3, -0.25) is 4.90 Å². The van der Waals surface area contributed by atoms with E-state index in [1.54, 1.807) is 11.0 Å². The molecule has 1 aromatic heterocycles. The highest BCUT2D eigenvalue weighted by molar-refractivity contribution is 7.09. The molecule has 2 N–H and O–H groups in total. The highest BCUT2D eigenvalue weighted by Crippen LogP contribution is 2.33. The molecular formula is C17H24N4O2S. The van der Waals surface area contributed by atoms with E-state index in [-0.39, 0.29) is 6.03 Å². The first kappa shape index (κ1) is 18.5. The number of terminal acetylenes is 1. The number of hydrogen-bond donors (Lipinski definition) is 2. The Bertz CT molecular complexity index is 614. The fourth-order valence-corrected chi connectivity index (χ4v) is 3.61. The summed E-state index contributed by atoms with van der Waals surface area (Å²) < 4.78 is 0. The van der Waals surface area contributed by atoms with Gasteiger partial charge in [-0.1, -0.05) is 12.0 Å². The summed E-state index contributed by atoms with van der Waals surface area (Å²) >= 11 is 1.53. The minimum Gasteiger partial charge on any atom is -0.383 e. The summed E-state index contributed by atoms with van der Waals surface area (Å²) in [5.74, 6) is 2.60. The highest BCUT2D eigenvalue weighted by atomic mass is 32.1. The molecule has 0 radical (unpaired) electrons. The van der Waals surface area contributed by atoms with Gasteiger partial charge in [0.2, 0.25) is 0 Å². The smallest absolute Gasteiger partial charge is 0.317 e. The van der Waals surface area contributed by atoms with Crippen LogP contribution in [-0.4, -0.2) is 59.1 Å². The van der Waals surface area contributed by atoms with Crippen LogP contribution in [0.25, 0.3) is 0 Å². The molecule has 0 aromatic carbocycles.